The highest BCUT2D eigenvalue weighted by molar-refractivity contribution is 4.96. The van der Waals surface area contributed by atoms with Crippen molar-refractivity contribution in [2.75, 3.05) is 26.4 Å². The van der Waals surface area contributed by atoms with Gasteiger partial charge in [-0.1, -0.05) is 0 Å². The molecule has 0 aromatic rings. The molecule has 4 fully saturated rings. The number of aliphatic hydroxyl groups is 13. The first-order valence-corrected chi connectivity index (χ1v) is 13.5. The van der Waals surface area contributed by atoms with Crippen molar-refractivity contribution in [3.05, 3.63) is 0 Å². The summed E-state index contributed by atoms with van der Waals surface area (Å²) in [5.41, 5.74) is 0. The van der Waals surface area contributed by atoms with E-state index in [1.165, 1.54) is 0 Å². The van der Waals surface area contributed by atoms with Crippen molar-refractivity contribution in [2.45, 2.75) is 117 Å². The molecule has 0 spiro atoms. The van der Waals surface area contributed by atoms with Gasteiger partial charge in [0, 0.05) is 0 Å². The number of rotatable bonds is 9. The highest BCUT2D eigenvalue weighted by Gasteiger charge is 2.54. The summed E-state index contributed by atoms with van der Waals surface area (Å²) < 4.78 is 37.9. The third kappa shape index (κ3) is 7.13. The zero-order valence-corrected chi connectivity index (χ0v) is 22.5. The molecule has 4 aliphatic heterocycles. The van der Waals surface area contributed by atoms with Gasteiger partial charge in [-0.25, -0.2) is 0 Å². The highest BCUT2D eigenvalue weighted by atomic mass is 16.8. The molecule has 20 nitrogen and oxygen atoms in total. The summed E-state index contributed by atoms with van der Waals surface area (Å²) in [5, 5.41) is 132. The minimum atomic E-state index is -1.98. The minimum Gasteiger partial charge on any atom is -0.394 e. The first-order valence-electron chi connectivity index (χ1n) is 13.5. The third-order valence-corrected chi connectivity index (χ3v) is 7.81. The van der Waals surface area contributed by atoms with E-state index in [0.717, 1.165) is 0 Å². The first kappa shape index (κ1) is 35.1. The number of ether oxygens (including phenoxy) is 7. The van der Waals surface area contributed by atoms with E-state index < -0.39 is 143 Å². The van der Waals surface area contributed by atoms with E-state index in [-0.39, 0.29) is 0 Å². The van der Waals surface area contributed by atoms with Gasteiger partial charge in [0.05, 0.1) is 26.4 Å². The van der Waals surface area contributed by atoms with Gasteiger partial charge in [-0.15, -0.1) is 0 Å². The summed E-state index contributed by atoms with van der Waals surface area (Å²) in [7, 11) is 0. The van der Waals surface area contributed by atoms with Crippen LogP contribution in [0.2, 0.25) is 0 Å². The van der Waals surface area contributed by atoms with E-state index >= 15 is 0 Å². The standard InChI is InChI=1S/C23H40O20/c24-1-6-10(29)12(31)15(34)21(39-6)43-19-9(28)5(27)4-37-23(19)42-18-11(30)7(2-25)40-22(16(18)35)41-17-8(3-26)38-20(36)14(33)13(17)32/h5-36H,1-4H2/t5-,6-,7-,8-,9+,10-,11-,12+,13-,14-,15-,16-,17+,18+,19-,20+,21+,22+,23+/m1/s1. The summed E-state index contributed by atoms with van der Waals surface area (Å²) in [6, 6.07) is 0. The SMILES string of the molecule is OC[C@H]1O[C@@H](O[C@H]2[C@H](O[C@@H]3[C@@H](O)[C@H](O[C@@H]4[C@H](O)[C@@H](O)[C@@H](O)O[C@@H]4CO)O[C@H](CO)[C@H]3O)OC[C@@H](O)[C@@H]2O)[C@H](O)[C@@H](O)[C@@H]1O. The highest BCUT2D eigenvalue weighted by Crippen LogP contribution is 2.33. The summed E-state index contributed by atoms with van der Waals surface area (Å²) in [5.74, 6) is 0. The van der Waals surface area contributed by atoms with Gasteiger partial charge in [-0.05, 0) is 0 Å². The predicted octanol–water partition coefficient (Wildman–Crippen LogP) is -9.11. The molecule has 0 unspecified atom stereocenters. The topological polar surface area (TPSA) is 328 Å². The largest absolute Gasteiger partial charge is 0.394 e. The molecular formula is C23H40O20. The lowest BCUT2D eigenvalue weighted by Gasteiger charge is -2.48. The van der Waals surface area contributed by atoms with Crippen LogP contribution in [0, 0.1) is 0 Å². The average Bonchev–Trinajstić information content (AvgIpc) is 2.99. The van der Waals surface area contributed by atoms with Crippen molar-refractivity contribution >= 4 is 0 Å². The van der Waals surface area contributed by atoms with Crippen LogP contribution in [0.1, 0.15) is 0 Å². The Labute approximate surface area is 243 Å². The van der Waals surface area contributed by atoms with Gasteiger partial charge < -0.3 is 99.5 Å². The molecule has 0 amide bonds. The number of hydrogen-bond acceptors (Lipinski definition) is 20. The molecule has 0 saturated carbocycles. The maximum absolute atomic E-state index is 11.1. The summed E-state index contributed by atoms with van der Waals surface area (Å²) in [4.78, 5) is 0. The molecular weight excluding hydrogens is 596 g/mol. The van der Waals surface area contributed by atoms with Crippen molar-refractivity contribution in [1.29, 1.82) is 0 Å². The van der Waals surface area contributed by atoms with Crippen molar-refractivity contribution in [1.82, 2.24) is 0 Å². The van der Waals surface area contributed by atoms with Crippen molar-refractivity contribution in [2.24, 2.45) is 0 Å². The van der Waals surface area contributed by atoms with E-state index in [0.29, 0.717) is 0 Å². The average molecular weight is 637 g/mol. The molecule has 4 rings (SSSR count). The lowest BCUT2D eigenvalue weighted by molar-refractivity contribution is -0.388. The monoisotopic (exact) mass is 636 g/mol. The zero-order valence-electron chi connectivity index (χ0n) is 22.5. The van der Waals surface area contributed by atoms with Crippen molar-refractivity contribution in [3.8, 4) is 0 Å². The van der Waals surface area contributed by atoms with Crippen molar-refractivity contribution < 1.29 is 99.5 Å². The second-order valence-electron chi connectivity index (χ2n) is 10.7. The van der Waals surface area contributed by atoms with Gasteiger partial charge >= 0.3 is 0 Å². The van der Waals surface area contributed by atoms with E-state index in [1.807, 2.05) is 0 Å². The fraction of sp³-hybridized carbons (Fsp3) is 1.00. The van der Waals surface area contributed by atoms with Gasteiger partial charge in [0.15, 0.2) is 25.2 Å². The maximum atomic E-state index is 11.1. The molecule has 19 atom stereocenters. The zero-order chi connectivity index (χ0) is 31.7. The van der Waals surface area contributed by atoms with Crippen LogP contribution in [0.5, 0.6) is 0 Å². The number of aliphatic hydroxyl groups excluding tert-OH is 13. The Balaban J connectivity index is 1.53. The summed E-state index contributed by atoms with van der Waals surface area (Å²) >= 11 is 0. The van der Waals surface area contributed by atoms with Crippen LogP contribution < -0.4 is 0 Å². The molecule has 0 aromatic heterocycles. The second kappa shape index (κ2) is 14.7. The van der Waals surface area contributed by atoms with Crippen LogP contribution in [0.4, 0.5) is 0 Å². The van der Waals surface area contributed by atoms with Gasteiger partial charge in [0.2, 0.25) is 0 Å². The Bertz CT molecular complexity index is 867. The molecule has 0 aromatic carbocycles. The quantitative estimate of drug-likeness (QED) is 0.112. The smallest absolute Gasteiger partial charge is 0.187 e. The molecule has 0 bridgehead atoms. The fourth-order valence-corrected chi connectivity index (χ4v) is 5.23. The molecule has 4 aliphatic rings. The van der Waals surface area contributed by atoms with E-state index in [4.69, 9.17) is 33.2 Å². The second-order valence-corrected chi connectivity index (χ2v) is 10.7. The lowest BCUT2D eigenvalue weighted by Crippen LogP contribution is -2.67. The minimum absolute atomic E-state index is 0.552. The molecule has 13 N–H and O–H groups in total. The van der Waals surface area contributed by atoms with Crippen LogP contribution in [0.25, 0.3) is 0 Å². The van der Waals surface area contributed by atoms with Crippen LogP contribution in [0.15, 0.2) is 0 Å². The van der Waals surface area contributed by atoms with E-state index in [2.05, 4.69) is 0 Å². The maximum Gasteiger partial charge on any atom is 0.187 e. The Hall–Kier alpha value is -0.800. The lowest BCUT2D eigenvalue weighted by atomic mass is 9.96. The first-order chi connectivity index (χ1) is 20.3. The molecule has 4 heterocycles. The summed E-state index contributed by atoms with van der Waals surface area (Å²) in [6.07, 6.45) is -33.2. The van der Waals surface area contributed by atoms with Crippen LogP contribution >= 0.6 is 0 Å². The van der Waals surface area contributed by atoms with Gasteiger partial charge in [-0.2, -0.15) is 0 Å². The third-order valence-electron chi connectivity index (χ3n) is 7.81. The molecule has 252 valence electrons. The number of hydrogen-bond donors (Lipinski definition) is 13. The van der Waals surface area contributed by atoms with Crippen molar-refractivity contribution in [3.63, 3.8) is 0 Å². The molecule has 0 radical (unpaired) electrons. The van der Waals surface area contributed by atoms with E-state index in [1.54, 1.807) is 0 Å². The molecule has 20 heteroatoms. The molecule has 0 aliphatic carbocycles. The van der Waals surface area contributed by atoms with Gasteiger partial charge in [0.1, 0.15) is 91.6 Å². The Kier molecular flexibility index (Phi) is 12.0. The fourth-order valence-electron chi connectivity index (χ4n) is 5.23. The Morgan fingerprint density at radius 2 is 0.977 bits per heavy atom. The summed E-state index contributed by atoms with van der Waals surface area (Å²) in [6.45, 7) is -3.02. The van der Waals surface area contributed by atoms with Gasteiger partial charge in [-0.3, -0.25) is 0 Å². The van der Waals surface area contributed by atoms with E-state index in [9.17, 15) is 66.4 Å². The predicted molar refractivity (Wildman–Crippen MR) is 128 cm³/mol. The molecule has 4 saturated heterocycles. The van der Waals surface area contributed by atoms with Crippen LogP contribution in [-0.4, -0.2) is 210 Å². The Morgan fingerprint density at radius 3 is 1.58 bits per heavy atom. The van der Waals surface area contributed by atoms with Gasteiger partial charge in [0.25, 0.3) is 0 Å². The molecule has 43 heavy (non-hydrogen) atoms. The Morgan fingerprint density at radius 1 is 0.442 bits per heavy atom. The normalized spacial score (nSPS) is 53.1. The van der Waals surface area contributed by atoms with Crippen LogP contribution in [0.3, 0.4) is 0 Å². The van der Waals surface area contributed by atoms with Crippen LogP contribution in [-0.2, 0) is 33.2 Å².